The molecule has 0 saturated carbocycles. The van der Waals surface area contributed by atoms with Crippen LogP contribution in [0.5, 0.6) is 5.75 Å². The van der Waals surface area contributed by atoms with E-state index in [1.807, 2.05) is 66.2 Å². The maximum absolute atomic E-state index is 12.6. The van der Waals surface area contributed by atoms with Crippen LogP contribution in [0.1, 0.15) is 21.6 Å². The lowest BCUT2D eigenvalue weighted by Gasteiger charge is -2.08. The second kappa shape index (κ2) is 9.41. The van der Waals surface area contributed by atoms with E-state index in [9.17, 15) is 9.59 Å². The van der Waals surface area contributed by atoms with Crippen LogP contribution >= 0.6 is 0 Å². The molecule has 0 atom stereocenters. The highest BCUT2D eigenvalue weighted by Crippen LogP contribution is 2.15. The highest BCUT2D eigenvalue weighted by molar-refractivity contribution is 6.03. The number of hydrogen-bond acceptors (Lipinski definition) is 3. The molecule has 29 heavy (non-hydrogen) atoms. The SMILES string of the molecule is Cc1ccc(NC(=O)c2cccn2C/C=C/c2cccc(OCC(=O)O)c2)cc1. The summed E-state index contributed by atoms with van der Waals surface area (Å²) < 4.78 is 7.04. The number of anilines is 1. The Morgan fingerprint density at radius 1 is 1.10 bits per heavy atom. The van der Waals surface area contributed by atoms with Gasteiger partial charge in [-0.25, -0.2) is 4.79 Å². The van der Waals surface area contributed by atoms with E-state index < -0.39 is 5.97 Å². The summed E-state index contributed by atoms with van der Waals surface area (Å²) in [5.74, 6) is -0.694. The molecule has 0 saturated heterocycles. The highest BCUT2D eigenvalue weighted by Gasteiger charge is 2.10. The molecule has 6 nitrogen and oxygen atoms in total. The van der Waals surface area contributed by atoms with Crippen LogP contribution in [0.4, 0.5) is 5.69 Å². The van der Waals surface area contributed by atoms with E-state index >= 15 is 0 Å². The van der Waals surface area contributed by atoms with Crippen LogP contribution in [-0.2, 0) is 11.3 Å². The quantitative estimate of drug-likeness (QED) is 0.603. The molecule has 148 valence electrons. The van der Waals surface area contributed by atoms with E-state index in [1.54, 1.807) is 24.3 Å². The number of rotatable bonds is 8. The van der Waals surface area contributed by atoms with Crippen molar-refractivity contribution in [2.75, 3.05) is 11.9 Å². The molecular formula is C23H22N2O4. The van der Waals surface area contributed by atoms with Crippen LogP contribution in [-0.4, -0.2) is 28.2 Å². The summed E-state index contributed by atoms with van der Waals surface area (Å²) >= 11 is 0. The summed E-state index contributed by atoms with van der Waals surface area (Å²) in [6, 6.07) is 18.4. The first-order chi connectivity index (χ1) is 14.0. The fourth-order valence-electron chi connectivity index (χ4n) is 2.77. The molecule has 0 spiro atoms. The van der Waals surface area contributed by atoms with Crippen molar-refractivity contribution in [2.24, 2.45) is 0 Å². The second-order valence-corrected chi connectivity index (χ2v) is 6.52. The lowest BCUT2D eigenvalue weighted by atomic mass is 10.2. The number of aliphatic carboxylic acids is 1. The van der Waals surface area contributed by atoms with Gasteiger partial charge in [0.2, 0.25) is 0 Å². The number of hydrogen-bond donors (Lipinski definition) is 2. The van der Waals surface area contributed by atoms with Crippen molar-refractivity contribution >= 4 is 23.6 Å². The van der Waals surface area contributed by atoms with Gasteiger partial charge in [-0.1, -0.05) is 42.0 Å². The van der Waals surface area contributed by atoms with Crippen molar-refractivity contribution in [2.45, 2.75) is 13.5 Å². The van der Waals surface area contributed by atoms with Crippen LogP contribution in [0, 0.1) is 6.92 Å². The maximum atomic E-state index is 12.6. The van der Waals surface area contributed by atoms with Crippen LogP contribution < -0.4 is 10.1 Å². The first-order valence-corrected chi connectivity index (χ1v) is 9.15. The predicted molar refractivity (Wildman–Crippen MR) is 112 cm³/mol. The topological polar surface area (TPSA) is 80.6 Å². The van der Waals surface area contributed by atoms with E-state index in [4.69, 9.17) is 9.84 Å². The zero-order chi connectivity index (χ0) is 20.6. The van der Waals surface area contributed by atoms with E-state index in [1.165, 1.54) is 0 Å². The molecule has 2 N–H and O–H groups in total. The number of allylic oxidation sites excluding steroid dienone is 1. The standard InChI is InChI=1S/C23H22N2O4/c1-17-9-11-19(12-10-17)24-23(28)21-8-4-14-25(21)13-3-6-18-5-2-7-20(15-18)29-16-22(26)27/h2-12,14-15H,13,16H2,1H3,(H,24,28)(H,26,27)/b6-3+. The highest BCUT2D eigenvalue weighted by atomic mass is 16.5. The van der Waals surface area contributed by atoms with Gasteiger partial charge >= 0.3 is 5.97 Å². The Morgan fingerprint density at radius 3 is 2.66 bits per heavy atom. The number of carboxylic acids is 1. The van der Waals surface area contributed by atoms with Gasteiger partial charge in [0.15, 0.2) is 6.61 Å². The number of carbonyl (C=O) groups is 2. The van der Waals surface area contributed by atoms with E-state index in [0.717, 1.165) is 16.8 Å². The molecule has 1 heterocycles. The summed E-state index contributed by atoms with van der Waals surface area (Å²) in [5.41, 5.74) is 3.33. The Kier molecular flexibility index (Phi) is 6.47. The normalized spacial score (nSPS) is 10.8. The van der Waals surface area contributed by atoms with Gasteiger partial charge in [0, 0.05) is 18.4 Å². The minimum absolute atomic E-state index is 0.170. The monoisotopic (exact) mass is 390 g/mol. The molecule has 0 radical (unpaired) electrons. The van der Waals surface area contributed by atoms with Crippen LogP contribution in [0.2, 0.25) is 0 Å². The van der Waals surface area contributed by atoms with E-state index in [2.05, 4.69) is 5.32 Å². The lowest BCUT2D eigenvalue weighted by molar-refractivity contribution is -0.139. The number of aryl methyl sites for hydroxylation is 1. The Labute approximate surface area is 169 Å². The lowest BCUT2D eigenvalue weighted by Crippen LogP contribution is -2.16. The summed E-state index contributed by atoms with van der Waals surface area (Å²) in [4.78, 5) is 23.2. The Hall–Kier alpha value is -3.80. The predicted octanol–water partition coefficient (Wildman–Crippen LogP) is 4.23. The number of nitrogens with zero attached hydrogens (tertiary/aromatic N) is 1. The molecule has 6 heteroatoms. The smallest absolute Gasteiger partial charge is 0.341 e. The Morgan fingerprint density at radius 2 is 1.90 bits per heavy atom. The molecule has 2 aromatic carbocycles. The summed E-state index contributed by atoms with van der Waals surface area (Å²) in [6.07, 6.45) is 5.68. The summed E-state index contributed by atoms with van der Waals surface area (Å²) in [7, 11) is 0. The van der Waals surface area contributed by atoms with Crippen molar-refractivity contribution < 1.29 is 19.4 Å². The number of aromatic nitrogens is 1. The van der Waals surface area contributed by atoms with Gasteiger partial charge in [0.25, 0.3) is 5.91 Å². The van der Waals surface area contributed by atoms with Gasteiger partial charge in [0.1, 0.15) is 11.4 Å². The van der Waals surface area contributed by atoms with Crippen molar-refractivity contribution in [3.05, 3.63) is 89.8 Å². The molecule has 1 amide bonds. The number of carboxylic acid groups (broad SMARTS) is 1. The largest absolute Gasteiger partial charge is 0.482 e. The minimum atomic E-state index is -1.02. The van der Waals surface area contributed by atoms with Gasteiger partial charge in [0.05, 0.1) is 0 Å². The number of carbonyl (C=O) groups excluding carboxylic acids is 1. The average Bonchev–Trinajstić information content (AvgIpc) is 3.17. The third-order valence-electron chi connectivity index (χ3n) is 4.20. The fraction of sp³-hybridized carbons (Fsp3) is 0.130. The molecule has 0 fully saturated rings. The van der Waals surface area contributed by atoms with Gasteiger partial charge < -0.3 is 19.7 Å². The molecule has 0 bridgehead atoms. The molecule has 0 unspecified atom stereocenters. The maximum Gasteiger partial charge on any atom is 0.341 e. The Bertz CT molecular complexity index is 1020. The van der Waals surface area contributed by atoms with Crippen molar-refractivity contribution in [3.8, 4) is 5.75 Å². The average molecular weight is 390 g/mol. The third kappa shape index (κ3) is 5.84. The number of benzene rings is 2. The minimum Gasteiger partial charge on any atom is -0.482 e. The van der Waals surface area contributed by atoms with E-state index in [-0.39, 0.29) is 12.5 Å². The van der Waals surface area contributed by atoms with Crippen LogP contribution in [0.3, 0.4) is 0 Å². The number of nitrogens with one attached hydrogen (secondary N) is 1. The number of amides is 1. The van der Waals surface area contributed by atoms with Gasteiger partial charge in [-0.2, -0.15) is 0 Å². The zero-order valence-corrected chi connectivity index (χ0v) is 16.0. The van der Waals surface area contributed by atoms with Crippen molar-refractivity contribution in [1.82, 2.24) is 4.57 Å². The van der Waals surface area contributed by atoms with E-state index in [0.29, 0.717) is 18.0 Å². The summed E-state index contributed by atoms with van der Waals surface area (Å²) in [5, 5.41) is 11.6. The first-order valence-electron chi connectivity index (χ1n) is 9.15. The second-order valence-electron chi connectivity index (χ2n) is 6.52. The molecule has 0 aliphatic carbocycles. The molecule has 1 aromatic heterocycles. The fourth-order valence-corrected chi connectivity index (χ4v) is 2.77. The number of ether oxygens (including phenoxy) is 1. The van der Waals surface area contributed by atoms with Crippen LogP contribution in [0.15, 0.2) is 72.9 Å². The van der Waals surface area contributed by atoms with Gasteiger partial charge in [-0.15, -0.1) is 0 Å². The Balaban J connectivity index is 1.62. The van der Waals surface area contributed by atoms with Gasteiger partial charge in [-0.05, 0) is 48.9 Å². The first kappa shape index (κ1) is 19.9. The molecule has 3 rings (SSSR count). The zero-order valence-electron chi connectivity index (χ0n) is 16.0. The molecule has 3 aromatic rings. The van der Waals surface area contributed by atoms with Crippen LogP contribution in [0.25, 0.3) is 6.08 Å². The third-order valence-corrected chi connectivity index (χ3v) is 4.20. The molecule has 0 aliphatic heterocycles. The van der Waals surface area contributed by atoms with Gasteiger partial charge in [-0.3, -0.25) is 4.79 Å². The molecule has 0 aliphatic rings. The molecular weight excluding hydrogens is 368 g/mol. The summed E-state index contributed by atoms with van der Waals surface area (Å²) in [6.45, 7) is 2.14. The van der Waals surface area contributed by atoms with Crippen molar-refractivity contribution in [3.63, 3.8) is 0 Å². The van der Waals surface area contributed by atoms with Crippen molar-refractivity contribution in [1.29, 1.82) is 0 Å².